The van der Waals surface area contributed by atoms with Gasteiger partial charge in [-0.25, -0.2) is 0 Å². The first-order valence-corrected chi connectivity index (χ1v) is 6.90. The van der Waals surface area contributed by atoms with Gasteiger partial charge in [0.25, 0.3) is 0 Å². The van der Waals surface area contributed by atoms with Crippen molar-refractivity contribution in [3.05, 3.63) is 0 Å². The molecule has 2 nitrogen and oxygen atoms in total. The zero-order valence-electron chi connectivity index (χ0n) is 11.9. The van der Waals surface area contributed by atoms with Crippen LogP contribution in [-0.2, 0) is 0 Å². The average Bonchev–Trinajstić information content (AvgIpc) is 2.27. The third-order valence-electron chi connectivity index (χ3n) is 4.55. The summed E-state index contributed by atoms with van der Waals surface area (Å²) in [5.41, 5.74) is 0.488. The first-order valence-electron chi connectivity index (χ1n) is 6.90. The van der Waals surface area contributed by atoms with Crippen LogP contribution in [0.1, 0.15) is 41.0 Å². The second kappa shape index (κ2) is 6.02. The number of hydrogen-bond donors (Lipinski definition) is 0. The van der Waals surface area contributed by atoms with Gasteiger partial charge < -0.3 is 9.80 Å². The van der Waals surface area contributed by atoms with E-state index < -0.39 is 0 Å². The highest BCUT2D eigenvalue weighted by Gasteiger charge is 2.24. The number of rotatable bonds is 5. The Morgan fingerprint density at radius 3 is 1.94 bits per heavy atom. The Morgan fingerprint density at radius 1 is 1.00 bits per heavy atom. The second-order valence-electron chi connectivity index (χ2n) is 6.17. The third kappa shape index (κ3) is 4.06. The van der Waals surface area contributed by atoms with E-state index in [1.165, 1.54) is 45.7 Å². The van der Waals surface area contributed by atoms with Crippen LogP contribution < -0.4 is 0 Å². The van der Waals surface area contributed by atoms with Gasteiger partial charge in [-0.15, -0.1) is 0 Å². The Hall–Kier alpha value is -0.0800. The molecule has 0 bridgehead atoms. The van der Waals surface area contributed by atoms with Gasteiger partial charge in [-0.1, -0.05) is 34.6 Å². The van der Waals surface area contributed by atoms with E-state index in [1.54, 1.807) is 0 Å². The van der Waals surface area contributed by atoms with E-state index >= 15 is 0 Å². The number of hydrogen-bond acceptors (Lipinski definition) is 2. The Labute approximate surface area is 102 Å². The van der Waals surface area contributed by atoms with E-state index in [0.29, 0.717) is 5.41 Å². The number of nitrogens with zero attached hydrogens (tertiary/aromatic N) is 2. The van der Waals surface area contributed by atoms with Crippen molar-refractivity contribution in [3.8, 4) is 0 Å². The van der Waals surface area contributed by atoms with Gasteiger partial charge in [-0.2, -0.15) is 0 Å². The summed E-state index contributed by atoms with van der Waals surface area (Å²) < 4.78 is 0. The molecule has 0 spiro atoms. The van der Waals surface area contributed by atoms with Crippen LogP contribution in [0.25, 0.3) is 0 Å². The lowest BCUT2D eigenvalue weighted by molar-refractivity contribution is 0.112. The first kappa shape index (κ1) is 14.0. The van der Waals surface area contributed by atoms with E-state index in [1.807, 2.05) is 0 Å². The zero-order valence-corrected chi connectivity index (χ0v) is 11.9. The van der Waals surface area contributed by atoms with Crippen molar-refractivity contribution in [2.75, 3.05) is 39.3 Å². The van der Waals surface area contributed by atoms with Crippen LogP contribution in [0.15, 0.2) is 0 Å². The fourth-order valence-corrected chi connectivity index (χ4v) is 2.06. The Bertz CT molecular complexity index is 191. The van der Waals surface area contributed by atoms with Crippen molar-refractivity contribution in [3.63, 3.8) is 0 Å². The predicted molar refractivity (Wildman–Crippen MR) is 71.8 cm³/mol. The molecular formula is C14H30N2. The summed E-state index contributed by atoms with van der Waals surface area (Å²) in [4.78, 5) is 5.18. The molecule has 1 rings (SSSR count). The average molecular weight is 226 g/mol. The molecule has 0 atom stereocenters. The normalized spacial score (nSPS) is 20.6. The molecule has 1 heterocycles. The molecule has 1 aliphatic rings. The van der Waals surface area contributed by atoms with Crippen molar-refractivity contribution < 1.29 is 0 Å². The Kier molecular flexibility index (Phi) is 5.26. The van der Waals surface area contributed by atoms with Crippen molar-refractivity contribution >= 4 is 0 Å². The van der Waals surface area contributed by atoms with Gasteiger partial charge in [0.2, 0.25) is 0 Å². The van der Waals surface area contributed by atoms with E-state index in [-0.39, 0.29) is 0 Å². The predicted octanol–water partition coefficient (Wildman–Crippen LogP) is 2.70. The minimum Gasteiger partial charge on any atom is -0.301 e. The molecule has 0 unspecified atom stereocenters. The van der Waals surface area contributed by atoms with Gasteiger partial charge in [-0.3, -0.25) is 0 Å². The standard InChI is InChI=1S/C14H30N2/c1-6-15-9-11-16(12-10-15)8-7-14(4,5)13(2)3/h13H,6-12H2,1-5H3. The molecule has 0 aromatic rings. The molecule has 1 aliphatic heterocycles. The lowest BCUT2D eigenvalue weighted by Gasteiger charge is -2.37. The Morgan fingerprint density at radius 2 is 1.50 bits per heavy atom. The lowest BCUT2D eigenvalue weighted by Crippen LogP contribution is -2.47. The molecule has 16 heavy (non-hydrogen) atoms. The maximum atomic E-state index is 2.64. The van der Waals surface area contributed by atoms with E-state index in [9.17, 15) is 0 Å². The molecular weight excluding hydrogens is 196 g/mol. The SMILES string of the molecule is CCN1CCN(CCC(C)(C)C(C)C)CC1. The van der Waals surface area contributed by atoms with Crippen LogP contribution in [0.3, 0.4) is 0 Å². The minimum absolute atomic E-state index is 0.488. The molecule has 1 saturated heterocycles. The summed E-state index contributed by atoms with van der Waals surface area (Å²) in [6.07, 6.45) is 1.33. The zero-order chi connectivity index (χ0) is 12.2. The van der Waals surface area contributed by atoms with Gasteiger partial charge in [0, 0.05) is 26.2 Å². The summed E-state index contributed by atoms with van der Waals surface area (Å²) in [5.74, 6) is 0.782. The van der Waals surface area contributed by atoms with Crippen molar-refractivity contribution in [2.45, 2.75) is 41.0 Å². The van der Waals surface area contributed by atoms with Crippen molar-refractivity contribution in [1.82, 2.24) is 9.80 Å². The van der Waals surface area contributed by atoms with Gasteiger partial charge in [0.15, 0.2) is 0 Å². The molecule has 0 aromatic carbocycles. The fourth-order valence-electron chi connectivity index (χ4n) is 2.06. The highest BCUT2D eigenvalue weighted by molar-refractivity contribution is 4.77. The Balaban J connectivity index is 2.24. The maximum absolute atomic E-state index is 2.64. The largest absolute Gasteiger partial charge is 0.301 e. The molecule has 2 heteroatoms. The van der Waals surface area contributed by atoms with Crippen molar-refractivity contribution in [2.24, 2.45) is 11.3 Å². The summed E-state index contributed by atoms with van der Waals surface area (Å²) >= 11 is 0. The summed E-state index contributed by atoms with van der Waals surface area (Å²) in [6.45, 7) is 19.3. The number of likely N-dealkylation sites (N-methyl/N-ethyl adjacent to an activating group) is 1. The highest BCUT2D eigenvalue weighted by Crippen LogP contribution is 2.30. The van der Waals surface area contributed by atoms with Crippen LogP contribution >= 0.6 is 0 Å². The van der Waals surface area contributed by atoms with E-state index in [0.717, 1.165) is 5.92 Å². The highest BCUT2D eigenvalue weighted by atomic mass is 15.3. The summed E-state index contributed by atoms with van der Waals surface area (Å²) in [5, 5.41) is 0. The minimum atomic E-state index is 0.488. The molecule has 96 valence electrons. The van der Waals surface area contributed by atoms with Gasteiger partial charge in [0.05, 0.1) is 0 Å². The summed E-state index contributed by atoms with van der Waals surface area (Å²) in [6, 6.07) is 0. The fraction of sp³-hybridized carbons (Fsp3) is 1.00. The van der Waals surface area contributed by atoms with Crippen molar-refractivity contribution in [1.29, 1.82) is 0 Å². The number of piperazine rings is 1. The lowest BCUT2D eigenvalue weighted by atomic mass is 9.78. The maximum Gasteiger partial charge on any atom is 0.0110 e. The van der Waals surface area contributed by atoms with Crippen LogP contribution in [0.5, 0.6) is 0 Å². The molecule has 0 aliphatic carbocycles. The van der Waals surface area contributed by atoms with Crippen LogP contribution in [0.2, 0.25) is 0 Å². The van der Waals surface area contributed by atoms with E-state index in [2.05, 4.69) is 44.4 Å². The molecule has 0 aromatic heterocycles. The first-order chi connectivity index (χ1) is 7.45. The second-order valence-corrected chi connectivity index (χ2v) is 6.17. The summed E-state index contributed by atoms with van der Waals surface area (Å²) in [7, 11) is 0. The van der Waals surface area contributed by atoms with Gasteiger partial charge in [-0.05, 0) is 30.8 Å². The molecule has 0 amide bonds. The van der Waals surface area contributed by atoms with Crippen LogP contribution in [0.4, 0.5) is 0 Å². The van der Waals surface area contributed by atoms with Gasteiger partial charge >= 0.3 is 0 Å². The molecule has 0 N–H and O–H groups in total. The molecule has 0 saturated carbocycles. The third-order valence-corrected chi connectivity index (χ3v) is 4.55. The van der Waals surface area contributed by atoms with E-state index in [4.69, 9.17) is 0 Å². The molecule has 0 radical (unpaired) electrons. The smallest absolute Gasteiger partial charge is 0.0110 e. The quantitative estimate of drug-likeness (QED) is 0.711. The molecule has 1 fully saturated rings. The van der Waals surface area contributed by atoms with Gasteiger partial charge in [0.1, 0.15) is 0 Å². The van der Waals surface area contributed by atoms with Crippen LogP contribution in [-0.4, -0.2) is 49.1 Å². The van der Waals surface area contributed by atoms with Crippen LogP contribution in [0, 0.1) is 11.3 Å². The monoisotopic (exact) mass is 226 g/mol. The topological polar surface area (TPSA) is 6.48 Å².